The van der Waals surface area contributed by atoms with Gasteiger partial charge >= 0.3 is 5.97 Å². The number of benzene rings is 1. The SMILES string of the molecule is COC(=O)C[C@@H]1C(=O)NCCN1CC(=O)Nc1ccc(C)cc1. The average molecular weight is 319 g/mol. The number of amides is 2. The lowest BCUT2D eigenvalue weighted by Gasteiger charge is -2.33. The van der Waals surface area contributed by atoms with Crippen molar-refractivity contribution in [1.82, 2.24) is 10.2 Å². The fourth-order valence-corrected chi connectivity index (χ4v) is 2.44. The van der Waals surface area contributed by atoms with Crippen molar-refractivity contribution in [1.29, 1.82) is 0 Å². The van der Waals surface area contributed by atoms with Gasteiger partial charge < -0.3 is 15.4 Å². The number of anilines is 1. The maximum atomic E-state index is 12.2. The lowest BCUT2D eigenvalue weighted by molar-refractivity contribution is -0.146. The van der Waals surface area contributed by atoms with E-state index >= 15 is 0 Å². The number of rotatable bonds is 5. The van der Waals surface area contributed by atoms with Crippen molar-refractivity contribution in [3.8, 4) is 0 Å². The summed E-state index contributed by atoms with van der Waals surface area (Å²) in [5.74, 6) is -0.959. The predicted octanol–water partition coefficient (Wildman–Crippen LogP) is 0.297. The number of piperazine rings is 1. The molecule has 7 heteroatoms. The molecule has 1 aromatic rings. The number of methoxy groups -OCH3 is 1. The average Bonchev–Trinajstić information content (AvgIpc) is 2.52. The molecule has 124 valence electrons. The topological polar surface area (TPSA) is 87.7 Å². The third-order valence-corrected chi connectivity index (χ3v) is 3.71. The second-order valence-electron chi connectivity index (χ2n) is 5.47. The number of aryl methyl sites for hydroxylation is 1. The first-order valence-corrected chi connectivity index (χ1v) is 7.44. The zero-order valence-corrected chi connectivity index (χ0v) is 13.3. The molecule has 0 aromatic heterocycles. The van der Waals surface area contributed by atoms with Gasteiger partial charge in [0, 0.05) is 18.8 Å². The second-order valence-corrected chi connectivity index (χ2v) is 5.47. The first-order valence-electron chi connectivity index (χ1n) is 7.44. The zero-order chi connectivity index (χ0) is 16.8. The van der Waals surface area contributed by atoms with Crippen LogP contribution < -0.4 is 10.6 Å². The van der Waals surface area contributed by atoms with Gasteiger partial charge in [-0.15, -0.1) is 0 Å². The van der Waals surface area contributed by atoms with Crippen LogP contribution in [0, 0.1) is 6.92 Å². The molecule has 1 aromatic carbocycles. The highest BCUT2D eigenvalue weighted by Crippen LogP contribution is 2.12. The van der Waals surface area contributed by atoms with Crippen LogP contribution in [-0.2, 0) is 19.1 Å². The quantitative estimate of drug-likeness (QED) is 0.762. The maximum Gasteiger partial charge on any atom is 0.307 e. The van der Waals surface area contributed by atoms with Crippen molar-refractivity contribution in [2.75, 3.05) is 32.1 Å². The van der Waals surface area contributed by atoms with Gasteiger partial charge in [0.05, 0.1) is 20.1 Å². The minimum atomic E-state index is -0.681. The van der Waals surface area contributed by atoms with Gasteiger partial charge in [-0.05, 0) is 19.1 Å². The van der Waals surface area contributed by atoms with Gasteiger partial charge in [-0.3, -0.25) is 19.3 Å². The third kappa shape index (κ3) is 4.79. The number of nitrogens with zero attached hydrogens (tertiary/aromatic N) is 1. The first-order chi connectivity index (χ1) is 11.0. The van der Waals surface area contributed by atoms with E-state index in [1.54, 1.807) is 4.90 Å². The molecule has 1 aliphatic heterocycles. The monoisotopic (exact) mass is 319 g/mol. The molecule has 23 heavy (non-hydrogen) atoms. The van der Waals surface area contributed by atoms with Crippen LogP contribution in [0.4, 0.5) is 5.69 Å². The molecule has 1 fully saturated rings. The van der Waals surface area contributed by atoms with Crippen LogP contribution in [-0.4, -0.2) is 55.5 Å². The number of esters is 1. The molecule has 7 nitrogen and oxygen atoms in total. The van der Waals surface area contributed by atoms with Gasteiger partial charge in [0.15, 0.2) is 0 Å². The van der Waals surface area contributed by atoms with Gasteiger partial charge in [0.1, 0.15) is 6.04 Å². The summed E-state index contributed by atoms with van der Waals surface area (Å²) in [5, 5.41) is 5.49. The van der Waals surface area contributed by atoms with E-state index in [1.165, 1.54) is 7.11 Å². The van der Waals surface area contributed by atoms with Gasteiger partial charge in [0.25, 0.3) is 0 Å². The van der Waals surface area contributed by atoms with E-state index in [-0.39, 0.29) is 24.8 Å². The van der Waals surface area contributed by atoms with Crippen LogP contribution in [0.1, 0.15) is 12.0 Å². The molecule has 2 rings (SSSR count). The molecule has 2 amide bonds. The molecule has 2 N–H and O–H groups in total. The van der Waals surface area contributed by atoms with Crippen LogP contribution >= 0.6 is 0 Å². The van der Waals surface area contributed by atoms with E-state index in [2.05, 4.69) is 15.4 Å². The number of ether oxygens (including phenoxy) is 1. The van der Waals surface area contributed by atoms with Crippen LogP contribution in [0.2, 0.25) is 0 Å². The summed E-state index contributed by atoms with van der Waals surface area (Å²) in [7, 11) is 1.28. The Hall–Kier alpha value is -2.41. The van der Waals surface area contributed by atoms with E-state index in [0.29, 0.717) is 18.8 Å². The maximum absolute atomic E-state index is 12.2. The van der Waals surface area contributed by atoms with Crippen LogP contribution in [0.5, 0.6) is 0 Å². The van der Waals surface area contributed by atoms with Gasteiger partial charge in [-0.1, -0.05) is 17.7 Å². The highest BCUT2D eigenvalue weighted by molar-refractivity contribution is 5.93. The largest absolute Gasteiger partial charge is 0.469 e. The minimum absolute atomic E-state index is 0.0446. The highest BCUT2D eigenvalue weighted by atomic mass is 16.5. The summed E-state index contributed by atoms with van der Waals surface area (Å²) in [6.07, 6.45) is -0.0693. The van der Waals surface area contributed by atoms with Crippen molar-refractivity contribution in [2.24, 2.45) is 0 Å². The lowest BCUT2D eigenvalue weighted by Crippen LogP contribution is -2.57. The predicted molar refractivity (Wildman–Crippen MR) is 84.8 cm³/mol. The van der Waals surface area contributed by atoms with Crippen molar-refractivity contribution in [3.05, 3.63) is 29.8 Å². The molecule has 0 bridgehead atoms. The van der Waals surface area contributed by atoms with Crippen LogP contribution in [0.25, 0.3) is 0 Å². The first kappa shape index (κ1) is 17.0. The van der Waals surface area contributed by atoms with Crippen molar-refractivity contribution >= 4 is 23.5 Å². The van der Waals surface area contributed by atoms with E-state index in [0.717, 1.165) is 5.56 Å². The summed E-state index contributed by atoms with van der Waals surface area (Å²) in [6.45, 7) is 2.97. The van der Waals surface area contributed by atoms with E-state index in [4.69, 9.17) is 0 Å². The van der Waals surface area contributed by atoms with Crippen LogP contribution in [0.3, 0.4) is 0 Å². The van der Waals surface area contributed by atoms with Crippen molar-refractivity contribution in [2.45, 2.75) is 19.4 Å². The number of hydrogen-bond donors (Lipinski definition) is 2. The molecular formula is C16H21N3O4. The number of carbonyl (C=O) groups excluding carboxylic acids is 3. The summed E-state index contributed by atoms with van der Waals surface area (Å²) in [6, 6.07) is 6.78. The summed E-state index contributed by atoms with van der Waals surface area (Å²) in [5.41, 5.74) is 1.81. The Morgan fingerprint density at radius 2 is 2.04 bits per heavy atom. The summed E-state index contributed by atoms with van der Waals surface area (Å²) in [4.78, 5) is 37.3. The molecule has 0 aliphatic carbocycles. The number of hydrogen-bond acceptors (Lipinski definition) is 5. The molecule has 0 saturated carbocycles. The fourth-order valence-electron chi connectivity index (χ4n) is 2.44. The van der Waals surface area contributed by atoms with E-state index in [9.17, 15) is 14.4 Å². The Balaban J connectivity index is 1.97. The molecule has 1 saturated heterocycles. The summed E-state index contributed by atoms with van der Waals surface area (Å²) >= 11 is 0. The molecule has 1 aliphatic rings. The molecule has 0 radical (unpaired) electrons. The Kier molecular flexibility index (Phi) is 5.70. The summed E-state index contributed by atoms with van der Waals surface area (Å²) < 4.78 is 4.62. The van der Waals surface area contributed by atoms with Crippen molar-refractivity contribution < 1.29 is 19.1 Å². The molecule has 1 atom stereocenters. The molecule has 1 heterocycles. The fraction of sp³-hybridized carbons (Fsp3) is 0.438. The van der Waals surface area contributed by atoms with Gasteiger partial charge in [0.2, 0.25) is 11.8 Å². The smallest absolute Gasteiger partial charge is 0.307 e. The highest BCUT2D eigenvalue weighted by Gasteiger charge is 2.32. The van der Waals surface area contributed by atoms with Crippen molar-refractivity contribution in [3.63, 3.8) is 0 Å². The standard InChI is InChI=1S/C16H21N3O4/c1-11-3-5-12(6-4-11)18-14(20)10-19-8-7-17-16(22)13(19)9-15(21)23-2/h3-6,13H,7-10H2,1-2H3,(H,17,22)(H,18,20)/t13-/m1/s1. The van der Waals surface area contributed by atoms with E-state index in [1.807, 2.05) is 31.2 Å². The number of carbonyl (C=O) groups is 3. The normalized spacial score (nSPS) is 18.2. The lowest BCUT2D eigenvalue weighted by atomic mass is 10.1. The number of nitrogens with one attached hydrogen (secondary N) is 2. The third-order valence-electron chi connectivity index (χ3n) is 3.71. The molecular weight excluding hydrogens is 298 g/mol. The van der Waals surface area contributed by atoms with E-state index < -0.39 is 12.0 Å². The second kappa shape index (κ2) is 7.73. The van der Waals surface area contributed by atoms with Gasteiger partial charge in [-0.25, -0.2) is 0 Å². The minimum Gasteiger partial charge on any atom is -0.469 e. The van der Waals surface area contributed by atoms with Gasteiger partial charge in [-0.2, -0.15) is 0 Å². The Morgan fingerprint density at radius 3 is 2.70 bits per heavy atom. The molecule has 0 unspecified atom stereocenters. The Morgan fingerprint density at radius 1 is 1.35 bits per heavy atom. The Bertz CT molecular complexity index is 585. The zero-order valence-electron chi connectivity index (χ0n) is 13.3. The molecule has 0 spiro atoms. The van der Waals surface area contributed by atoms with Crippen LogP contribution in [0.15, 0.2) is 24.3 Å². The Labute approximate surface area is 135 Å².